The molecule has 1 saturated heterocycles. The number of aromatic nitrogens is 1. The van der Waals surface area contributed by atoms with Crippen molar-refractivity contribution in [3.63, 3.8) is 0 Å². The molecular weight excluding hydrogens is 469 g/mol. The first-order chi connectivity index (χ1) is 15.7. The number of amides is 2. The number of carbonyl (C=O) groups excluding carboxylic acids is 2. The second kappa shape index (κ2) is 8.70. The Bertz CT molecular complexity index is 1140. The molecule has 34 heavy (non-hydrogen) atoms. The summed E-state index contributed by atoms with van der Waals surface area (Å²) in [4.78, 5) is 24.4. The van der Waals surface area contributed by atoms with Crippen molar-refractivity contribution in [2.75, 3.05) is 12.4 Å². The van der Waals surface area contributed by atoms with E-state index in [9.17, 15) is 36.7 Å². The summed E-state index contributed by atoms with van der Waals surface area (Å²) in [5.74, 6) is -8.43. The van der Waals surface area contributed by atoms with Gasteiger partial charge in [0.15, 0.2) is 23.4 Å². The summed E-state index contributed by atoms with van der Waals surface area (Å²) >= 11 is 0. The van der Waals surface area contributed by atoms with Crippen LogP contribution in [0.15, 0.2) is 30.5 Å². The van der Waals surface area contributed by atoms with E-state index >= 15 is 0 Å². The first-order valence-electron chi connectivity index (χ1n) is 9.83. The van der Waals surface area contributed by atoms with Crippen molar-refractivity contribution in [1.82, 2.24) is 0 Å². The smallest absolute Gasteiger partial charge is 0.417 e. The fourth-order valence-corrected chi connectivity index (χ4v) is 4.00. The van der Waals surface area contributed by atoms with E-state index in [2.05, 4.69) is 5.32 Å². The molecule has 2 heterocycles. The Labute approximate surface area is 190 Å². The average molecular weight is 489 g/mol. The number of ether oxygens (including phenoxy) is 2. The van der Waals surface area contributed by atoms with E-state index < -0.39 is 64.6 Å². The van der Waals surface area contributed by atoms with Crippen LogP contribution in [0.5, 0.6) is 5.75 Å². The van der Waals surface area contributed by atoms with E-state index in [0.29, 0.717) is 6.07 Å². The van der Waals surface area contributed by atoms with Crippen molar-refractivity contribution < 1.29 is 45.7 Å². The van der Waals surface area contributed by atoms with E-state index in [-0.39, 0.29) is 16.0 Å². The highest BCUT2D eigenvalue weighted by molar-refractivity contribution is 5.97. The third-order valence-corrected chi connectivity index (χ3v) is 6.01. The molecule has 0 bridgehead atoms. The van der Waals surface area contributed by atoms with Crippen LogP contribution in [0.4, 0.5) is 27.6 Å². The lowest BCUT2D eigenvalue weighted by Crippen LogP contribution is -2.47. The molecule has 0 aliphatic carbocycles. The predicted octanol–water partition coefficient (Wildman–Crippen LogP) is 2.78. The molecule has 3 N–H and O–H groups in total. The highest BCUT2D eigenvalue weighted by Gasteiger charge is 2.65. The standard InChI is InChI=1S/C21H20F5N3O5/c1-9-14(11-4-5-12(22)15(23)16(11)33-3)17(34-20(9,2)21(24,25)26)19(31)28-10-6-7-29(32)13(8-10)18(27)30/h4-9,14,17H,1-3H3,(H2,27,30)(H,28,31)/t9-,14+,17+,20-/m1/s1. The molecule has 1 aliphatic rings. The lowest BCUT2D eigenvalue weighted by molar-refractivity contribution is -0.607. The van der Waals surface area contributed by atoms with Gasteiger partial charge < -0.3 is 25.7 Å². The number of hydrogen-bond acceptors (Lipinski definition) is 5. The van der Waals surface area contributed by atoms with Crippen LogP contribution in [-0.2, 0) is 9.53 Å². The number of primary amides is 1. The monoisotopic (exact) mass is 489 g/mol. The van der Waals surface area contributed by atoms with Gasteiger partial charge in [-0.05, 0) is 13.0 Å². The Morgan fingerprint density at radius 2 is 1.91 bits per heavy atom. The highest BCUT2D eigenvalue weighted by Crippen LogP contribution is 2.55. The molecule has 13 heteroatoms. The van der Waals surface area contributed by atoms with Crippen LogP contribution in [0.25, 0.3) is 0 Å². The van der Waals surface area contributed by atoms with Crippen molar-refractivity contribution in [2.24, 2.45) is 11.7 Å². The van der Waals surface area contributed by atoms with Gasteiger partial charge in [0.2, 0.25) is 5.82 Å². The molecule has 184 valence electrons. The second-order valence-electron chi connectivity index (χ2n) is 7.92. The quantitative estimate of drug-likeness (QED) is 0.381. The maximum Gasteiger partial charge on any atom is 0.417 e. The van der Waals surface area contributed by atoms with Crippen LogP contribution in [-0.4, -0.2) is 36.8 Å². The Kier molecular flexibility index (Phi) is 6.44. The minimum Gasteiger partial charge on any atom is -0.618 e. The van der Waals surface area contributed by atoms with Gasteiger partial charge in [-0.3, -0.25) is 9.59 Å². The summed E-state index contributed by atoms with van der Waals surface area (Å²) in [7, 11) is 1.01. The van der Waals surface area contributed by atoms with E-state index in [1.165, 1.54) is 6.92 Å². The summed E-state index contributed by atoms with van der Waals surface area (Å²) in [6.07, 6.45) is -5.90. The maximum absolute atomic E-state index is 14.4. The first-order valence-corrected chi connectivity index (χ1v) is 9.83. The van der Waals surface area contributed by atoms with Crippen LogP contribution >= 0.6 is 0 Å². The predicted molar refractivity (Wildman–Crippen MR) is 107 cm³/mol. The molecule has 1 aromatic heterocycles. The Morgan fingerprint density at radius 3 is 2.47 bits per heavy atom. The highest BCUT2D eigenvalue weighted by atomic mass is 19.4. The van der Waals surface area contributed by atoms with Gasteiger partial charge in [-0.15, -0.1) is 0 Å². The van der Waals surface area contributed by atoms with Crippen LogP contribution in [0.1, 0.15) is 35.8 Å². The molecule has 0 unspecified atom stereocenters. The zero-order valence-electron chi connectivity index (χ0n) is 18.1. The van der Waals surface area contributed by atoms with Gasteiger partial charge in [0.25, 0.3) is 11.6 Å². The Balaban J connectivity index is 2.08. The number of nitrogens with zero attached hydrogens (tertiary/aromatic N) is 1. The number of pyridine rings is 1. The van der Waals surface area contributed by atoms with Crippen LogP contribution in [0.2, 0.25) is 0 Å². The molecule has 1 aliphatic heterocycles. The number of carbonyl (C=O) groups is 2. The lowest BCUT2D eigenvalue weighted by Gasteiger charge is -2.32. The van der Waals surface area contributed by atoms with E-state index in [0.717, 1.165) is 38.4 Å². The number of nitrogens with two attached hydrogens (primary N) is 1. The van der Waals surface area contributed by atoms with Gasteiger partial charge in [0, 0.05) is 29.5 Å². The maximum atomic E-state index is 14.4. The molecule has 0 radical (unpaired) electrons. The SMILES string of the molecule is COc1c([C@H]2[C@@H](C(=O)Nc3cc[n+]([O-])c(C(N)=O)c3)O[C@@](C)(C(F)(F)F)[C@@H]2C)ccc(F)c1F. The number of methoxy groups -OCH3 is 1. The van der Waals surface area contributed by atoms with Crippen molar-refractivity contribution in [2.45, 2.75) is 37.6 Å². The largest absolute Gasteiger partial charge is 0.618 e. The number of rotatable bonds is 5. The molecule has 2 amide bonds. The number of halogens is 5. The first kappa shape index (κ1) is 25.1. The fourth-order valence-electron chi connectivity index (χ4n) is 4.00. The minimum absolute atomic E-state index is 0.126. The average Bonchev–Trinajstić information content (AvgIpc) is 3.03. The van der Waals surface area contributed by atoms with Gasteiger partial charge in [-0.2, -0.15) is 22.3 Å². The molecule has 0 saturated carbocycles. The molecule has 0 spiro atoms. The van der Waals surface area contributed by atoms with Crippen molar-refractivity contribution in [1.29, 1.82) is 0 Å². The molecule has 1 fully saturated rings. The topological polar surface area (TPSA) is 118 Å². The number of alkyl halides is 3. The summed E-state index contributed by atoms with van der Waals surface area (Å²) in [6.45, 7) is 1.92. The number of nitrogens with one attached hydrogen (secondary N) is 1. The van der Waals surface area contributed by atoms with Crippen LogP contribution in [0, 0.1) is 22.8 Å². The van der Waals surface area contributed by atoms with Crippen LogP contribution < -0.4 is 20.5 Å². The number of anilines is 1. The Hall–Kier alpha value is -3.48. The number of benzene rings is 1. The van der Waals surface area contributed by atoms with Gasteiger partial charge in [0.05, 0.1) is 12.8 Å². The van der Waals surface area contributed by atoms with Crippen molar-refractivity contribution in [3.05, 3.63) is 58.6 Å². The zero-order chi connectivity index (χ0) is 25.6. The minimum atomic E-state index is -4.93. The van der Waals surface area contributed by atoms with Crippen molar-refractivity contribution >= 4 is 17.5 Å². The summed E-state index contributed by atoms with van der Waals surface area (Å²) in [6, 6.07) is 3.76. The molecule has 4 atom stereocenters. The third-order valence-electron chi connectivity index (χ3n) is 6.01. The van der Waals surface area contributed by atoms with Gasteiger partial charge in [0.1, 0.15) is 6.10 Å². The molecule has 2 aromatic rings. The van der Waals surface area contributed by atoms with E-state index in [4.69, 9.17) is 15.2 Å². The zero-order valence-corrected chi connectivity index (χ0v) is 18.1. The van der Waals surface area contributed by atoms with Gasteiger partial charge >= 0.3 is 12.1 Å². The molecular formula is C21H20F5N3O5. The summed E-state index contributed by atoms with van der Waals surface area (Å²) in [5.41, 5.74) is 1.40. The van der Waals surface area contributed by atoms with Gasteiger partial charge in [-0.25, -0.2) is 4.39 Å². The lowest BCUT2D eigenvalue weighted by atomic mass is 9.77. The van der Waals surface area contributed by atoms with Crippen molar-refractivity contribution in [3.8, 4) is 5.75 Å². The second-order valence-corrected chi connectivity index (χ2v) is 7.92. The molecule has 1 aromatic carbocycles. The Morgan fingerprint density at radius 1 is 1.26 bits per heavy atom. The third kappa shape index (κ3) is 4.11. The van der Waals surface area contributed by atoms with E-state index in [1.54, 1.807) is 0 Å². The number of hydrogen-bond donors (Lipinski definition) is 2. The van der Waals surface area contributed by atoms with Crippen LogP contribution in [0.3, 0.4) is 0 Å². The fraction of sp³-hybridized carbons (Fsp3) is 0.381. The van der Waals surface area contributed by atoms with Gasteiger partial charge in [-0.1, -0.05) is 13.0 Å². The summed E-state index contributed by atoms with van der Waals surface area (Å²) < 4.78 is 80.2. The normalized spacial score (nSPS) is 24.6. The molecule has 3 rings (SSSR count). The van der Waals surface area contributed by atoms with E-state index in [1.807, 2.05) is 0 Å². The molecule has 8 nitrogen and oxygen atoms in total. The summed E-state index contributed by atoms with van der Waals surface area (Å²) in [5, 5.41) is 13.9.